The van der Waals surface area contributed by atoms with E-state index in [-0.39, 0.29) is 0 Å². The number of benzene rings is 1. The van der Waals surface area contributed by atoms with Crippen molar-refractivity contribution >= 4 is 33.4 Å². The van der Waals surface area contributed by atoms with Crippen molar-refractivity contribution in [1.29, 1.82) is 0 Å². The number of aromatic nitrogens is 1. The molecule has 0 saturated heterocycles. The second-order valence-electron chi connectivity index (χ2n) is 5.43. The van der Waals surface area contributed by atoms with Crippen molar-refractivity contribution in [3.63, 3.8) is 0 Å². The molecule has 5 nitrogen and oxygen atoms in total. The fourth-order valence-corrected chi connectivity index (χ4v) is 2.85. The highest BCUT2D eigenvalue weighted by atomic mass is 79.9. The van der Waals surface area contributed by atoms with Crippen LogP contribution in [0.1, 0.15) is 18.1 Å². The summed E-state index contributed by atoms with van der Waals surface area (Å²) in [5.41, 5.74) is 2.74. The standard InChI is InChI=1S/C18H20BrN3O2/c1-3-22(11-8-14-6-9-20-10-7-14)18(24)17(23)21-16-5-4-13(2)12-15(16)19/h4-7,9-10,12H,3,8,11H2,1-2H3,(H,21,23). The van der Waals surface area contributed by atoms with Crippen LogP contribution in [-0.4, -0.2) is 34.8 Å². The molecule has 1 N–H and O–H groups in total. The van der Waals surface area contributed by atoms with E-state index < -0.39 is 11.8 Å². The number of aryl methyl sites for hydroxylation is 1. The molecule has 24 heavy (non-hydrogen) atoms. The third-order valence-electron chi connectivity index (χ3n) is 3.66. The van der Waals surface area contributed by atoms with Crippen LogP contribution in [0.5, 0.6) is 0 Å². The Bertz CT molecular complexity index is 719. The van der Waals surface area contributed by atoms with E-state index in [4.69, 9.17) is 0 Å². The second kappa shape index (κ2) is 8.59. The molecule has 1 aromatic carbocycles. The fourth-order valence-electron chi connectivity index (χ4n) is 2.26. The lowest BCUT2D eigenvalue weighted by atomic mass is 10.2. The molecule has 0 saturated carbocycles. The Hall–Kier alpha value is -2.21. The minimum absolute atomic E-state index is 0.479. The molecule has 0 fully saturated rings. The molecule has 0 bridgehead atoms. The number of carbonyl (C=O) groups is 2. The Labute approximate surface area is 150 Å². The van der Waals surface area contributed by atoms with Gasteiger partial charge in [-0.1, -0.05) is 6.07 Å². The molecule has 1 heterocycles. The molecule has 126 valence electrons. The Morgan fingerprint density at radius 1 is 1.21 bits per heavy atom. The SMILES string of the molecule is CCN(CCc1ccncc1)C(=O)C(=O)Nc1ccc(C)cc1Br. The van der Waals surface area contributed by atoms with Crippen LogP contribution in [-0.2, 0) is 16.0 Å². The summed E-state index contributed by atoms with van der Waals surface area (Å²) in [7, 11) is 0. The fraction of sp³-hybridized carbons (Fsp3) is 0.278. The Balaban J connectivity index is 1.98. The van der Waals surface area contributed by atoms with Crippen molar-refractivity contribution in [2.24, 2.45) is 0 Å². The molecular formula is C18H20BrN3O2. The third-order valence-corrected chi connectivity index (χ3v) is 4.31. The van der Waals surface area contributed by atoms with Crippen molar-refractivity contribution in [2.75, 3.05) is 18.4 Å². The summed E-state index contributed by atoms with van der Waals surface area (Å²) in [6.45, 7) is 4.78. The van der Waals surface area contributed by atoms with Gasteiger partial charge in [-0.3, -0.25) is 14.6 Å². The van der Waals surface area contributed by atoms with Crippen LogP contribution < -0.4 is 5.32 Å². The molecule has 6 heteroatoms. The van der Waals surface area contributed by atoms with Gasteiger partial charge in [0.15, 0.2) is 0 Å². The molecule has 1 aromatic heterocycles. The van der Waals surface area contributed by atoms with Gasteiger partial charge in [0.2, 0.25) is 0 Å². The van der Waals surface area contributed by atoms with E-state index in [1.165, 1.54) is 4.90 Å². The van der Waals surface area contributed by atoms with Crippen LogP contribution in [0.15, 0.2) is 47.2 Å². The zero-order valence-corrected chi connectivity index (χ0v) is 15.3. The zero-order chi connectivity index (χ0) is 17.5. The summed E-state index contributed by atoms with van der Waals surface area (Å²) in [6.07, 6.45) is 4.12. The van der Waals surface area contributed by atoms with Crippen molar-refractivity contribution in [3.8, 4) is 0 Å². The smallest absolute Gasteiger partial charge is 0.313 e. The van der Waals surface area contributed by atoms with Gasteiger partial charge in [0.1, 0.15) is 0 Å². The highest BCUT2D eigenvalue weighted by molar-refractivity contribution is 9.10. The van der Waals surface area contributed by atoms with E-state index in [1.807, 2.05) is 38.1 Å². The van der Waals surface area contributed by atoms with Gasteiger partial charge in [-0.2, -0.15) is 0 Å². The van der Waals surface area contributed by atoms with Gasteiger partial charge in [-0.25, -0.2) is 0 Å². The Kier molecular flexibility index (Phi) is 6.49. The molecule has 0 radical (unpaired) electrons. The number of halogens is 1. The van der Waals surface area contributed by atoms with Crippen molar-refractivity contribution in [3.05, 3.63) is 58.3 Å². The van der Waals surface area contributed by atoms with Crippen LogP contribution in [0.3, 0.4) is 0 Å². The highest BCUT2D eigenvalue weighted by Gasteiger charge is 2.21. The molecule has 0 atom stereocenters. The van der Waals surface area contributed by atoms with E-state index >= 15 is 0 Å². The van der Waals surface area contributed by atoms with E-state index in [0.29, 0.717) is 25.2 Å². The van der Waals surface area contributed by atoms with Gasteiger partial charge >= 0.3 is 11.8 Å². The van der Waals surface area contributed by atoms with Crippen molar-refractivity contribution < 1.29 is 9.59 Å². The Morgan fingerprint density at radius 3 is 2.54 bits per heavy atom. The topological polar surface area (TPSA) is 62.3 Å². The summed E-state index contributed by atoms with van der Waals surface area (Å²) in [6, 6.07) is 9.36. The number of anilines is 1. The molecular weight excluding hydrogens is 370 g/mol. The normalized spacial score (nSPS) is 10.3. The quantitative estimate of drug-likeness (QED) is 0.798. The lowest BCUT2D eigenvalue weighted by Crippen LogP contribution is -2.40. The van der Waals surface area contributed by atoms with Gasteiger partial charge in [0.25, 0.3) is 0 Å². The molecule has 0 spiro atoms. The number of amides is 2. The first-order chi connectivity index (χ1) is 11.5. The third kappa shape index (κ3) is 4.89. The van der Waals surface area contributed by atoms with E-state index in [1.54, 1.807) is 18.5 Å². The van der Waals surface area contributed by atoms with Gasteiger partial charge in [0.05, 0.1) is 5.69 Å². The molecule has 2 aromatic rings. The minimum Gasteiger partial charge on any atom is -0.334 e. The first-order valence-electron chi connectivity index (χ1n) is 7.76. The van der Waals surface area contributed by atoms with Crippen LogP contribution in [0.2, 0.25) is 0 Å². The number of hydrogen-bond donors (Lipinski definition) is 1. The summed E-state index contributed by atoms with van der Waals surface area (Å²) in [5, 5.41) is 2.66. The molecule has 2 rings (SSSR count). The van der Waals surface area contributed by atoms with Crippen molar-refractivity contribution in [1.82, 2.24) is 9.88 Å². The predicted octanol–water partition coefficient (Wildman–Crippen LogP) is 3.18. The molecule has 2 amide bonds. The molecule has 0 aliphatic heterocycles. The number of hydrogen-bond acceptors (Lipinski definition) is 3. The summed E-state index contributed by atoms with van der Waals surface area (Å²) >= 11 is 3.39. The summed E-state index contributed by atoms with van der Waals surface area (Å²) < 4.78 is 0.753. The zero-order valence-electron chi connectivity index (χ0n) is 13.8. The number of rotatable bonds is 5. The number of nitrogens with one attached hydrogen (secondary N) is 1. The maximum Gasteiger partial charge on any atom is 0.313 e. The lowest BCUT2D eigenvalue weighted by molar-refractivity contribution is -0.143. The largest absolute Gasteiger partial charge is 0.334 e. The number of pyridine rings is 1. The monoisotopic (exact) mass is 389 g/mol. The molecule has 0 aliphatic rings. The lowest BCUT2D eigenvalue weighted by Gasteiger charge is -2.20. The van der Waals surface area contributed by atoms with Gasteiger partial charge in [0, 0.05) is 30.0 Å². The first-order valence-corrected chi connectivity index (χ1v) is 8.56. The van der Waals surface area contributed by atoms with Gasteiger partial charge in [-0.15, -0.1) is 0 Å². The summed E-state index contributed by atoms with van der Waals surface area (Å²) in [5.74, 6) is -1.16. The van der Waals surface area contributed by atoms with Gasteiger partial charge in [-0.05, 0) is 71.6 Å². The van der Waals surface area contributed by atoms with Crippen LogP contribution in [0.25, 0.3) is 0 Å². The summed E-state index contributed by atoms with van der Waals surface area (Å²) in [4.78, 5) is 30.1. The average Bonchev–Trinajstić information content (AvgIpc) is 2.58. The van der Waals surface area contributed by atoms with Crippen LogP contribution >= 0.6 is 15.9 Å². The first kappa shape index (κ1) is 18.1. The number of nitrogens with zero attached hydrogens (tertiary/aromatic N) is 2. The maximum atomic E-state index is 12.4. The molecule has 0 unspecified atom stereocenters. The van der Waals surface area contributed by atoms with E-state index in [2.05, 4.69) is 26.2 Å². The maximum absolute atomic E-state index is 12.4. The van der Waals surface area contributed by atoms with Crippen LogP contribution in [0.4, 0.5) is 5.69 Å². The highest BCUT2D eigenvalue weighted by Crippen LogP contribution is 2.23. The molecule has 0 aliphatic carbocycles. The second-order valence-corrected chi connectivity index (χ2v) is 6.28. The van der Waals surface area contributed by atoms with E-state index in [9.17, 15) is 9.59 Å². The average molecular weight is 390 g/mol. The Morgan fingerprint density at radius 2 is 1.92 bits per heavy atom. The van der Waals surface area contributed by atoms with Gasteiger partial charge < -0.3 is 10.2 Å². The predicted molar refractivity (Wildman–Crippen MR) is 97.7 cm³/mol. The number of likely N-dealkylation sites (N-methyl/N-ethyl adjacent to an activating group) is 1. The van der Waals surface area contributed by atoms with E-state index in [0.717, 1.165) is 15.6 Å². The minimum atomic E-state index is -0.629. The van der Waals surface area contributed by atoms with Crippen LogP contribution in [0, 0.1) is 6.92 Å². The number of carbonyl (C=O) groups excluding carboxylic acids is 2. The van der Waals surface area contributed by atoms with Crippen molar-refractivity contribution in [2.45, 2.75) is 20.3 Å².